The Morgan fingerprint density at radius 3 is 2.76 bits per heavy atom. The number of hydrogen-bond acceptors (Lipinski definition) is 3. The number of allylic oxidation sites excluding steroid dienone is 1. The van der Waals surface area contributed by atoms with Gasteiger partial charge < -0.3 is 5.11 Å². The van der Waals surface area contributed by atoms with E-state index in [1.165, 1.54) is 18.4 Å². The molecule has 3 heteroatoms. The highest BCUT2D eigenvalue weighted by Gasteiger charge is 2.57. The molecule has 3 nitrogen and oxygen atoms in total. The van der Waals surface area contributed by atoms with Crippen molar-refractivity contribution in [1.82, 2.24) is 0 Å². The number of rotatable bonds is 3. The molecule has 0 heterocycles. The van der Waals surface area contributed by atoms with Crippen molar-refractivity contribution in [2.75, 3.05) is 6.61 Å². The molecule has 0 radical (unpaired) electrons. The Kier molecular flexibility index (Phi) is 4.42. The Labute approximate surface area is 151 Å². The molecule has 4 aliphatic carbocycles. The van der Waals surface area contributed by atoms with Gasteiger partial charge in [-0.25, -0.2) is 0 Å². The number of ketones is 2. The summed E-state index contributed by atoms with van der Waals surface area (Å²) < 4.78 is 0. The third-order valence-corrected chi connectivity index (χ3v) is 8.56. The minimum atomic E-state index is -0.295. The summed E-state index contributed by atoms with van der Waals surface area (Å²) in [7, 11) is 0. The molecule has 0 bridgehead atoms. The van der Waals surface area contributed by atoms with Gasteiger partial charge in [0.1, 0.15) is 6.61 Å². The summed E-state index contributed by atoms with van der Waals surface area (Å²) in [5, 5.41) is 9.38. The maximum absolute atomic E-state index is 12.3. The lowest BCUT2D eigenvalue weighted by Gasteiger charge is -2.54. The second-order valence-electron chi connectivity index (χ2n) is 9.34. The fraction of sp³-hybridized carbons (Fsp3) is 0.818. The lowest BCUT2D eigenvalue weighted by atomic mass is 9.50. The smallest absolute Gasteiger partial charge is 0.161 e. The van der Waals surface area contributed by atoms with E-state index >= 15 is 0 Å². The maximum atomic E-state index is 12.3. The van der Waals surface area contributed by atoms with Crippen LogP contribution < -0.4 is 0 Å². The van der Waals surface area contributed by atoms with E-state index in [4.69, 9.17) is 0 Å². The summed E-state index contributed by atoms with van der Waals surface area (Å²) in [5.41, 5.74) is 1.53. The fourth-order valence-electron chi connectivity index (χ4n) is 7.26. The highest BCUT2D eigenvalue weighted by atomic mass is 16.3. The van der Waals surface area contributed by atoms with Gasteiger partial charge in [0.2, 0.25) is 0 Å². The van der Waals surface area contributed by atoms with E-state index in [2.05, 4.69) is 13.8 Å². The molecule has 4 aliphatic rings. The Morgan fingerprint density at radius 1 is 1.24 bits per heavy atom. The van der Waals surface area contributed by atoms with Crippen molar-refractivity contribution in [3.05, 3.63) is 11.6 Å². The monoisotopic (exact) mass is 344 g/mol. The molecule has 25 heavy (non-hydrogen) atoms. The van der Waals surface area contributed by atoms with Crippen molar-refractivity contribution in [2.24, 2.45) is 40.9 Å². The Hall–Kier alpha value is -0.960. The minimum absolute atomic E-state index is 0.0640. The molecule has 0 saturated heterocycles. The fourth-order valence-corrected chi connectivity index (χ4v) is 7.26. The van der Waals surface area contributed by atoms with E-state index in [1.54, 1.807) is 0 Å². The van der Waals surface area contributed by atoms with E-state index in [-0.39, 0.29) is 29.6 Å². The molecule has 1 N–H and O–H groups in total. The summed E-state index contributed by atoms with van der Waals surface area (Å²) in [6, 6.07) is 0. The van der Waals surface area contributed by atoms with Crippen molar-refractivity contribution in [3.8, 4) is 0 Å². The highest BCUT2D eigenvalue weighted by molar-refractivity contribution is 5.93. The molecule has 7 atom stereocenters. The number of carbonyl (C=O) groups excluding carboxylic acids is 2. The van der Waals surface area contributed by atoms with Crippen molar-refractivity contribution in [2.45, 2.75) is 65.2 Å². The van der Waals surface area contributed by atoms with Crippen molar-refractivity contribution >= 4 is 11.6 Å². The first-order valence-corrected chi connectivity index (χ1v) is 10.4. The number of aliphatic hydroxyl groups excluding tert-OH is 1. The topological polar surface area (TPSA) is 54.4 Å². The minimum Gasteiger partial charge on any atom is -0.389 e. The van der Waals surface area contributed by atoms with Crippen LogP contribution in [0, 0.1) is 40.9 Å². The zero-order valence-electron chi connectivity index (χ0n) is 15.7. The largest absolute Gasteiger partial charge is 0.389 e. The SMILES string of the molecule is CCC1C[C@H]2C(=CC1=O)CC[C@@H]1[C@@H]2CC[C@]2(C)[C@@H](C(=O)CO)CC[C@@H]12. The average molecular weight is 344 g/mol. The van der Waals surface area contributed by atoms with Gasteiger partial charge in [-0.3, -0.25) is 9.59 Å². The molecule has 0 aromatic rings. The number of hydrogen-bond donors (Lipinski definition) is 1. The molecule has 0 spiro atoms. The van der Waals surface area contributed by atoms with Gasteiger partial charge in [-0.2, -0.15) is 0 Å². The van der Waals surface area contributed by atoms with Crippen LogP contribution in [-0.4, -0.2) is 23.3 Å². The van der Waals surface area contributed by atoms with Gasteiger partial charge in [-0.1, -0.05) is 19.4 Å². The average Bonchev–Trinajstić information content (AvgIpc) is 2.97. The van der Waals surface area contributed by atoms with Gasteiger partial charge in [0, 0.05) is 11.8 Å². The molecule has 3 saturated carbocycles. The number of Topliss-reactive ketones (excluding diaryl/α,β-unsaturated/α-hetero) is 1. The van der Waals surface area contributed by atoms with Gasteiger partial charge in [0.25, 0.3) is 0 Å². The summed E-state index contributed by atoms with van der Waals surface area (Å²) >= 11 is 0. The van der Waals surface area contributed by atoms with Crippen LogP contribution >= 0.6 is 0 Å². The lowest BCUT2D eigenvalue weighted by Crippen LogP contribution is -2.48. The van der Waals surface area contributed by atoms with Gasteiger partial charge in [0.15, 0.2) is 11.6 Å². The molecule has 0 aliphatic heterocycles. The van der Waals surface area contributed by atoms with E-state index in [0.29, 0.717) is 29.5 Å². The Bertz CT molecular complexity index is 606. The predicted molar refractivity (Wildman–Crippen MR) is 96.8 cm³/mol. The van der Waals surface area contributed by atoms with Crippen molar-refractivity contribution in [3.63, 3.8) is 0 Å². The lowest BCUT2D eigenvalue weighted by molar-refractivity contribution is -0.132. The van der Waals surface area contributed by atoms with E-state index < -0.39 is 0 Å². The molecule has 0 aromatic heterocycles. The summed E-state index contributed by atoms with van der Waals surface area (Å²) in [4.78, 5) is 24.6. The van der Waals surface area contributed by atoms with Crippen LogP contribution in [0.3, 0.4) is 0 Å². The molecular weight excluding hydrogens is 312 g/mol. The predicted octanol–water partition coefficient (Wildman–Crippen LogP) is 3.94. The van der Waals surface area contributed by atoms with Crippen molar-refractivity contribution < 1.29 is 14.7 Å². The number of aliphatic hydroxyl groups is 1. The molecule has 0 aromatic carbocycles. The second kappa shape index (κ2) is 6.33. The van der Waals surface area contributed by atoms with E-state index in [9.17, 15) is 14.7 Å². The third-order valence-electron chi connectivity index (χ3n) is 8.56. The van der Waals surface area contributed by atoms with Crippen LogP contribution in [0.2, 0.25) is 0 Å². The molecule has 4 rings (SSSR count). The van der Waals surface area contributed by atoms with Gasteiger partial charge >= 0.3 is 0 Å². The van der Waals surface area contributed by atoms with Crippen LogP contribution in [0.4, 0.5) is 0 Å². The number of carbonyl (C=O) groups is 2. The molecule has 3 fully saturated rings. The van der Waals surface area contributed by atoms with Crippen LogP contribution in [0.1, 0.15) is 65.2 Å². The molecule has 138 valence electrons. The van der Waals surface area contributed by atoms with Crippen LogP contribution in [0.25, 0.3) is 0 Å². The third kappa shape index (κ3) is 2.57. The van der Waals surface area contributed by atoms with Crippen LogP contribution in [0.5, 0.6) is 0 Å². The van der Waals surface area contributed by atoms with Crippen molar-refractivity contribution in [1.29, 1.82) is 0 Å². The summed E-state index contributed by atoms with van der Waals surface area (Å²) in [6.07, 6.45) is 10.7. The zero-order chi connectivity index (χ0) is 17.8. The maximum Gasteiger partial charge on any atom is 0.161 e. The van der Waals surface area contributed by atoms with Gasteiger partial charge in [-0.15, -0.1) is 0 Å². The summed E-state index contributed by atoms with van der Waals surface area (Å²) in [6.45, 7) is 4.17. The first kappa shape index (κ1) is 17.5. The molecule has 0 amide bonds. The van der Waals surface area contributed by atoms with Gasteiger partial charge in [0.05, 0.1) is 0 Å². The first-order valence-electron chi connectivity index (χ1n) is 10.4. The van der Waals surface area contributed by atoms with Gasteiger partial charge in [-0.05, 0) is 86.5 Å². The Balaban J connectivity index is 1.59. The Morgan fingerprint density at radius 2 is 2.04 bits per heavy atom. The van der Waals surface area contributed by atoms with E-state index in [0.717, 1.165) is 38.5 Å². The van der Waals surface area contributed by atoms with E-state index in [1.807, 2.05) is 6.08 Å². The highest BCUT2D eigenvalue weighted by Crippen LogP contribution is 2.63. The summed E-state index contributed by atoms with van der Waals surface area (Å²) in [5.74, 6) is 3.39. The quantitative estimate of drug-likeness (QED) is 0.843. The molecule has 1 unspecified atom stereocenters. The zero-order valence-corrected chi connectivity index (χ0v) is 15.7. The van der Waals surface area contributed by atoms with Crippen LogP contribution in [-0.2, 0) is 9.59 Å². The second-order valence-corrected chi connectivity index (χ2v) is 9.34. The van der Waals surface area contributed by atoms with Crippen LogP contribution in [0.15, 0.2) is 11.6 Å². The molecular formula is C22H32O3. The number of fused-ring (bicyclic) bond motifs is 5. The standard InChI is InChI=1S/C22H32O3/c1-3-13-10-17-14(11-20(13)24)4-5-16-15(17)8-9-22(2)18(16)6-7-19(22)21(25)12-23/h11,13,15-19,23H,3-10,12H2,1-2H3/t13?,15-,16+,17-,18-,19+,22-/m0/s1. The first-order chi connectivity index (χ1) is 12.0. The normalized spacial score (nSPS) is 46.0.